The molecule has 0 saturated heterocycles. The Labute approximate surface area is 165 Å². The zero-order chi connectivity index (χ0) is 19.5. The van der Waals surface area contributed by atoms with Crippen LogP contribution in [-0.4, -0.2) is 26.9 Å². The number of unbranched alkanes of at least 4 members (excludes halogenated alkanes) is 1. The van der Waals surface area contributed by atoms with Gasteiger partial charge in [-0.25, -0.2) is 4.98 Å². The van der Waals surface area contributed by atoms with E-state index in [1.54, 1.807) is 0 Å². The maximum Gasteiger partial charge on any atom is 0.272 e. The molecule has 0 unspecified atom stereocenters. The van der Waals surface area contributed by atoms with Crippen molar-refractivity contribution in [2.75, 3.05) is 6.54 Å². The van der Waals surface area contributed by atoms with Gasteiger partial charge >= 0.3 is 0 Å². The molecule has 0 radical (unpaired) electrons. The summed E-state index contributed by atoms with van der Waals surface area (Å²) >= 11 is 0. The van der Waals surface area contributed by atoms with Gasteiger partial charge in [0.05, 0.1) is 12.1 Å². The summed E-state index contributed by atoms with van der Waals surface area (Å²) in [7, 11) is 2.06. The Morgan fingerprint density at radius 2 is 1.75 bits per heavy atom. The lowest BCUT2D eigenvalue weighted by atomic mass is 10.2. The van der Waals surface area contributed by atoms with E-state index in [4.69, 9.17) is 0 Å². The molecule has 28 heavy (non-hydrogen) atoms. The summed E-state index contributed by atoms with van der Waals surface area (Å²) in [6, 6.07) is 22.2. The molecule has 1 amide bonds. The number of para-hydroxylation sites is 2. The van der Waals surface area contributed by atoms with Gasteiger partial charge in [0.2, 0.25) is 0 Å². The van der Waals surface area contributed by atoms with Gasteiger partial charge in [-0.2, -0.15) is 0 Å². The third kappa shape index (κ3) is 3.50. The van der Waals surface area contributed by atoms with Crippen LogP contribution in [0.1, 0.15) is 35.9 Å². The number of amides is 1. The SMILES string of the molecule is CCCCN(Cc1cc2ccccc2n1C)C(=O)c1ccc2ccccc2n1. The molecule has 2 aromatic carbocycles. The largest absolute Gasteiger partial charge is 0.346 e. The summed E-state index contributed by atoms with van der Waals surface area (Å²) in [5.74, 6) is -0.00976. The second-order valence-corrected chi connectivity index (χ2v) is 7.22. The highest BCUT2D eigenvalue weighted by atomic mass is 16.2. The summed E-state index contributed by atoms with van der Waals surface area (Å²) in [6.45, 7) is 3.46. The number of aromatic nitrogens is 2. The molecule has 0 aliphatic rings. The molecule has 0 spiro atoms. The van der Waals surface area contributed by atoms with Crippen LogP contribution in [0.15, 0.2) is 66.7 Å². The number of carbonyl (C=O) groups excluding carboxylic acids is 1. The predicted molar refractivity (Wildman–Crippen MR) is 114 cm³/mol. The van der Waals surface area contributed by atoms with Crippen LogP contribution >= 0.6 is 0 Å². The van der Waals surface area contributed by atoms with Crippen LogP contribution in [0.2, 0.25) is 0 Å². The summed E-state index contributed by atoms with van der Waals surface area (Å²) in [5.41, 5.74) is 3.68. The van der Waals surface area contributed by atoms with Crippen LogP contribution < -0.4 is 0 Å². The molecule has 4 heteroatoms. The third-order valence-corrected chi connectivity index (χ3v) is 5.29. The number of nitrogens with zero attached hydrogens (tertiary/aromatic N) is 3. The second-order valence-electron chi connectivity index (χ2n) is 7.22. The molecule has 0 N–H and O–H groups in total. The molecule has 0 saturated carbocycles. The Morgan fingerprint density at radius 3 is 2.54 bits per heavy atom. The van der Waals surface area contributed by atoms with Gasteiger partial charge in [-0.1, -0.05) is 55.8 Å². The fourth-order valence-corrected chi connectivity index (χ4v) is 3.64. The molecular formula is C24H25N3O. The van der Waals surface area contributed by atoms with Gasteiger partial charge in [-0.15, -0.1) is 0 Å². The van der Waals surface area contributed by atoms with Crippen molar-refractivity contribution in [3.05, 3.63) is 78.1 Å². The average Bonchev–Trinajstić information content (AvgIpc) is 3.05. The highest BCUT2D eigenvalue weighted by molar-refractivity contribution is 5.95. The lowest BCUT2D eigenvalue weighted by molar-refractivity contribution is 0.0732. The highest BCUT2D eigenvalue weighted by Gasteiger charge is 2.19. The first-order chi connectivity index (χ1) is 13.7. The normalized spacial score (nSPS) is 11.2. The lowest BCUT2D eigenvalue weighted by Crippen LogP contribution is -2.32. The molecule has 0 fully saturated rings. The summed E-state index contributed by atoms with van der Waals surface area (Å²) in [4.78, 5) is 19.8. The van der Waals surface area contributed by atoms with E-state index < -0.39 is 0 Å². The summed E-state index contributed by atoms with van der Waals surface area (Å²) in [6.07, 6.45) is 2.02. The van der Waals surface area contributed by atoms with Crippen molar-refractivity contribution < 1.29 is 4.79 Å². The van der Waals surface area contributed by atoms with E-state index in [1.807, 2.05) is 53.4 Å². The second kappa shape index (κ2) is 7.85. The van der Waals surface area contributed by atoms with Crippen molar-refractivity contribution in [3.63, 3.8) is 0 Å². The van der Waals surface area contributed by atoms with E-state index in [-0.39, 0.29) is 5.91 Å². The van der Waals surface area contributed by atoms with E-state index in [0.29, 0.717) is 12.2 Å². The van der Waals surface area contributed by atoms with Crippen molar-refractivity contribution in [1.29, 1.82) is 0 Å². The van der Waals surface area contributed by atoms with E-state index in [0.717, 1.165) is 36.0 Å². The van der Waals surface area contributed by atoms with E-state index in [9.17, 15) is 4.79 Å². The molecular weight excluding hydrogens is 346 g/mol. The standard InChI is InChI=1S/C24H25N3O/c1-3-4-15-27(17-20-16-19-10-6-8-12-23(19)26(20)2)24(28)22-14-13-18-9-5-7-11-21(18)25-22/h5-14,16H,3-4,15,17H2,1-2H3. The number of rotatable bonds is 6. The Kier molecular flexibility index (Phi) is 5.11. The van der Waals surface area contributed by atoms with Crippen LogP contribution in [0.4, 0.5) is 0 Å². The Hall–Kier alpha value is -3.14. The van der Waals surface area contributed by atoms with Crippen molar-refractivity contribution in [1.82, 2.24) is 14.5 Å². The fraction of sp³-hybridized carbons (Fsp3) is 0.250. The molecule has 2 heterocycles. The van der Waals surface area contributed by atoms with Gasteiger partial charge in [-0.3, -0.25) is 4.79 Å². The van der Waals surface area contributed by atoms with Gasteiger partial charge in [0.25, 0.3) is 5.91 Å². The number of pyridine rings is 1. The number of fused-ring (bicyclic) bond motifs is 2. The number of benzene rings is 2. The monoisotopic (exact) mass is 371 g/mol. The molecule has 0 aliphatic heterocycles. The van der Waals surface area contributed by atoms with E-state index >= 15 is 0 Å². The zero-order valence-electron chi connectivity index (χ0n) is 16.4. The number of hydrogen-bond acceptors (Lipinski definition) is 2. The minimum Gasteiger partial charge on any atom is -0.346 e. The third-order valence-electron chi connectivity index (χ3n) is 5.29. The first-order valence-corrected chi connectivity index (χ1v) is 9.86. The maximum absolute atomic E-state index is 13.3. The first-order valence-electron chi connectivity index (χ1n) is 9.86. The first kappa shape index (κ1) is 18.2. The number of hydrogen-bond donors (Lipinski definition) is 0. The van der Waals surface area contributed by atoms with Gasteiger partial charge in [-0.05, 0) is 36.1 Å². The van der Waals surface area contributed by atoms with Gasteiger partial charge in [0.15, 0.2) is 0 Å². The Balaban J connectivity index is 1.65. The zero-order valence-corrected chi connectivity index (χ0v) is 16.4. The Morgan fingerprint density at radius 1 is 1.00 bits per heavy atom. The molecule has 2 aromatic heterocycles. The quantitative estimate of drug-likeness (QED) is 0.469. The molecule has 4 rings (SSSR count). The molecule has 4 nitrogen and oxygen atoms in total. The molecule has 0 atom stereocenters. The van der Waals surface area contributed by atoms with Crippen molar-refractivity contribution in [2.45, 2.75) is 26.3 Å². The van der Waals surface area contributed by atoms with Crippen LogP contribution in [-0.2, 0) is 13.6 Å². The summed E-state index contributed by atoms with van der Waals surface area (Å²) in [5, 5.41) is 2.25. The van der Waals surface area contributed by atoms with Crippen molar-refractivity contribution in [2.24, 2.45) is 7.05 Å². The fourth-order valence-electron chi connectivity index (χ4n) is 3.64. The van der Waals surface area contributed by atoms with E-state index in [2.05, 4.69) is 41.7 Å². The smallest absolute Gasteiger partial charge is 0.272 e. The molecule has 142 valence electrons. The highest BCUT2D eigenvalue weighted by Crippen LogP contribution is 2.21. The minimum absolute atomic E-state index is 0.00976. The average molecular weight is 371 g/mol. The minimum atomic E-state index is -0.00976. The number of carbonyl (C=O) groups is 1. The number of aryl methyl sites for hydroxylation is 1. The van der Waals surface area contributed by atoms with Gasteiger partial charge in [0.1, 0.15) is 5.69 Å². The topological polar surface area (TPSA) is 38.1 Å². The van der Waals surface area contributed by atoms with Gasteiger partial charge < -0.3 is 9.47 Å². The summed E-state index contributed by atoms with van der Waals surface area (Å²) < 4.78 is 2.18. The van der Waals surface area contributed by atoms with Gasteiger partial charge in [0, 0.05) is 30.2 Å². The van der Waals surface area contributed by atoms with Crippen LogP contribution in [0.5, 0.6) is 0 Å². The van der Waals surface area contributed by atoms with Crippen molar-refractivity contribution >= 4 is 27.7 Å². The molecule has 0 aliphatic carbocycles. The Bertz CT molecular complexity index is 1130. The van der Waals surface area contributed by atoms with Crippen LogP contribution in [0, 0.1) is 0 Å². The lowest BCUT2D eigenvalue weighted by Gasteiger charge is -2.23. The molecule has 4 aromatic rings. The predicted octanol–water partition coefficient (Wildman–Crippen LogP) is 5.17. The van der Waals surface area contributed by atoms with E-state index in [1.165, 1.54) is 10.9 Å². The molecule has 0 bridgehead atoms. The van der Waals surface area contributed by atoms with Crippen molar-refractivity contribution in [3.8, 4) is 0 Å². The van der Waals surface area contributed by atoms with Crippen LogP contribution in [0.3, 0.4) is 0 Å². The maximum atomic E-state index is 13.3. The van der Waals surface area contributed by atoms with Crippen LogP contribution in [0.25, 0.3) is 21.8 Å².